The van der Waals surface area contributed by atoms with Gasteiger partial charge in [-0.05, 0) is 36.5 Å². The van der Waals surface area contributed by atoms with Gasteiger partial charge < -0.3 is 0 Å². The molecule has 0 spiro atoms. The fourth-order valence-electron chi connectivity index (χ4n) is 3.37. The zero-order valence-corrected chi connectivity index (χ0v) is 13.5. The van der Waals surface area contributed by atoms with Crippen LogP contribution in [-0.4, -0.2) is 0 Å². The van der Waals surface area contributed by atoms with Crippen molar-refractivity contribution in [1.82, 2.24) is 0 Å². The summed E-state index contributed by atoms with van der Waals surface area (Å²) in [4.78, 5) is 0. The first kappa shape index (κ1) is 16.1. The van der Waals surface area contributed by atoms with E-state index in [1.165, 1.54) is 77.0 Å². The van der Waals surface area contributed by atoms with E-state index >= 15 is 0 Å². The highest BCUT2D eigenvalue weighted by Crippen LogP contribution is 2.34. The molecule has 108 valence electrons. The van der Waals surface area contributed by atoms with Crippen molar-refractivity contribution in [2.75, 3.05) is 0 Å². The normalized spacial score (nSPS) is 27.3. The van der Waals surface area contributed by atoms with Crippen molar-refractivity contribution >= 4 is 0 Å². The molecule has 0 unspecified atom stereocenters. The number of hydrogen-bond acceptors (Lipinski definition) is 0. The first-order valence-corrected chi connectivity index (χ1v) is 8.41. The average molecular weight is 252 g/mol. The Hall–Kier alpha value is 0. The second-order valence-corrected chi connectivity index (χ2v) is 8.16. The van der Waals surface area contributed by atoms with Gasteiger partial charge in [0.25, 0.3) is 0 Å². The van der Waals surface area contributed by atoms with Crippen molar-refractivity contribution in [3.8, 4) is 0 Å². The summed E-state index contributed by atoms with van der Waals surface area (Å²) >= 11 is 0. The molecule has 0 aromatic rings. The van der Waals surface area contributed by atoms with Crippen LogP contribution in [0.1, 0.15) is 105 Å². The Morgan fingerprint density at radius 3 is 0.833 bits per heavy atom. The van der Waals surface area contributed by atoms with Gasteiger partial charge in [0, 0.05) is 0 Å². The van der Waals surface area contributed by atoms with Crippen LogP contribution in [0.3, 0.4) is 0 Å². The molecule has 0 radical (unpaired) electrons. The standard InChI is InChI=1S/C18H36/c1-17(2)13-9-5-7-11-15-18(3,4)16-12-8-6-10-14-17/h5-16H2,1-4H3. The van der Waals surface area contributed by atoms with Crippen molar-refractivity contribution < 1.29 is 0 Å². The minimum absolute atomic E-state index is 0.601. The van der Waals surface area contributed by atoms with Crippen molar-refractivity contribution in [3.05, 3.63) is 0 Å². The van der Waals surface area contributed by atoms with Crippen LogP contribution in [0.4, 0.5) is 0 Å². The van der Waals surface area contributed by atoms with E-state index in [0.717, 1.165) is 0 Å². The van der Waals surface area contributed by atoms with Gasteiger partial charge >= 0.3 is 0 Å². The molecule has 1 aliphatic rings. The molecule has 0 aromatic carbocycles. The summed E-state index contributed by atoms with van der Waals surface area (Å²) in [5.74, 6) is 0. The zero-order valence-electron chi connectivity index (χ0n) is 13.5. The van der Waals surface area contributed by atoms with Gasteiger partial charge in [0.2, 0.25) is 0 Å². The fourth-order valence-corrected chi connectivity index (χ4v) is 3.37. The van der Waals surface area contributed by atoms with E-state index in [1.54, 1.807) is 0 Å². The number of rotatable bonds is 0. The van der Waals surface area contributed by atoms with Crippen LogP contribution in [0.25, 0.3) is 0 Å². The van der Waals surface area contributed by atoms with Crippen LogP contribution in [-0.2, 0) is 0 Å². The maximum atomic E-state index is 2.47. The molecule has 0 heterocycles. The minimum atomic E-state index is 0.601. The molecule has 0 aromatic heterocycles. The van der Waals surface area contributed by atoms with E-state index in [1.807, 2.05) is 0 Å². The van der Waals surface area contributed by atoms with E-state index in [-0.39, 0.29) is 0 Å². The highest BCUT2D eigenvalue weighted by molar-refractivity contribution is 4.72. The SMILES string of the molecule is CC1(C)CCCCCCC(C)(C)CCCCCC1. The highest BCUT2D eigenvalue weighted by Gasteiger charge is 2.19. The summed E-state index contributed by atoms with van der Waals surface area (Å²) in [6, 6.07) is 0. The van der Waals surface area contributed by atoms with Crippen LogP contribution in [0.5, 0.6) is 0 Å². The topological polar surface area (TPSA) is 0 Å². The molecule has 1 fully saturated rings. The molecule has 0 amide bonds. The Labute approximate surface area is 116 Å². The maximum absolute atomic E-state index is 2.47. The molecule has 0 N–H and O–H groups in total. The molecular formula is C18H36. The Balaban J connectivity index is 2.36. The molecule has 0 atom stereocenters. The Morgan fingerprint density at radius 2 is 0.611 bits per heavy atom. The largest absolute Gasteiger partial charge is 0.0599 e. The molecule has 0 aliphatic heterocycles. The smallest absolute Gasteiger partial charge is 0.0354 e. The number of hydrogen-bond donors (Lipinski definition) is 0. The van der Waals surface area contributed by atoms with Gasteiger partial charge in [-0.2, -0.15) is 0 Å². The van der Waals surface area contributed by atoms with Crippen molar-refractivity contribution in [2.24, 2.45) is 10.8 Å². The lowest BCUT2D eigenvalue weighted by molar-refractivity contribution is 0.257. The maximum Gasteiger partial charge on any atom is -0.0354 e. The lowest BCUT2D eigenvalue weighted by Crippen LogP contribution is -2.13. The first-order valence-electron chi connectivity index (χ1n) is 8.41. The molecule has 18 heavy (non-hydrogen) atoms. The summed E-state index contributed by atoms with van der Waals surface area (Å²) in [6.45, 7) is 9.90. The lowest BCUT2D eigenvalue weighted by Gasteiger charge is -2.27. The predicted octanol–water partition coefficient (Wildman–Crippen LogP) is 6.73. The van der Waals surface area contributed by atoms with E-state index in [2.05, 4.69) is 27.7 Å². The highest BCUT2D eigenvalue weighted by atomic mass is 14.2. The third-order valence-corrected chi connectivity index (χ3v) is 4.91. The van der Waals surface area contributed by atoms with E-state index < -0.39 is 0 Å². The quantitative estimate of drug-likeness (QED) is 0.448. The molecule has 1 rings (SSSR count). The van der Waals surface area contributed by atoms with Gasteiger partial charge in [-0.25, -0.2) is 0 Å². The first-order chi connectivity index (χ1) is 8.41. The summed E-state index contributed by atoms with van der Waals surface area (Å²) in [6.07, 6.45) is 17.4. The Morgan fingerprint density at radius 1 is 0.389 bits per heavy atom. The summed E-state index contributed by atoms with van der Waals surface area (Å²) in [7, 11) is 0. The van der Waals surface area contributed by atoms with Crippen molar-refractivity contribution in [2.45, 2.75) is 105 Å². The van der Waals surface area contributed by atoms with E-state index in [0.29, 0.717) is 10.8 Å². The van der Waals surface area contributed by atoms with Gasteiger partial charge in [0.1, 0.15) is 0 Å². The van der Waals surface area contributed by atoms with Gasteiger partial charge in [0.15, 0.2) is 0 Å². The van der Waals surface area contributed by atoms with Crippen molar-refractivity contribution in [3.63, 3.8) is 0 Å². The molecule has 0 saturated heterocycles. The van der Waals surface area contributed by atoms with Crippen LogP contribution < -0.4 is 0 Å². The van der Waals surface area contributed by atoms with Gasteiger partial charge in [-0.1, -0.05) is 79.1 Å². The predicted molar refractivity (Wildman–Crippen MR) is 83.0 cm³/mol. The summed E-state index contributed by atoms with van der Waals surface area (Å²) in [5.41, 5.74) is 1.20. The third-order valence-electron chi connectivity index (χ3n) is 4.91. The minimum Gasteiger partial charge on any atom is -0.0599 e. The van der Waals surface area contributed by atoms with Crippen LogP contribution >= 0.6 is 0 Å². The second kappa shape index (κ2) is 7.56. The van der Waals surface area contributed by atoms with Gasteiger partial charge in [0.05, 0.1) is 0 Å². The summed E-state index contributed by atoms with van der Waals surface area (Å²) < 4.78 is 0. The van der Waals surface area contributed by atoms with Crippen LogP contribution in [0.2, 0.25) is 0 Å². The molecule has 1 aliphatic carbocycles. The molecule has 0 bridgehead atoms. The average Bonchev–Trinajstić information content (AvgIpc) is 2.27. The fraction of sp³-hybridized carbons (Fsp3) is 1.00. The van der Waals surface area contributed by atoms with E-state index in [4.69, 9.17) is 0 Å². The zero-order chi connectivity index (χ0) is 13.5. The van der Waals surface area contributed by atoms with Crippen LogP contribution in [0.15, 0.2) is 0 Å². The Bertz CT molecular complexity index is 168. The third kappa shape index (κ3) is 7.44. The van der Waals surface area contributed by atoms with Gasteiger partial charge in [-0.15, -0.1) is 0 Å². The molecule has 0 nitrogen and oxygen atoms in total. The van der Waals surface area contributed by atoms with Gasteiger partial charge in [-0.3, -0.25) is 0 Å². The van der Waals surface area contributed by atoms with Crippen molar-refractivity contribution in [1.29, 1.82) is 0 Å². The van der Waals surface area contributed by atoms with Crippen LogP contribution in [0, 0.1) is 10.8 Å². The van der Waals surface area contributed by atoms with E-state index in [9.17, 15) is 0 Å². The second-order valence-electron chi connectivity index (χ2n) is 8.16. The molecule has 0 heteroatoms. The molecular weight excluding hydrogens is 216 g/mol. The molecule has 1 saturated carbocycles. The summed E-state index contributed by atoms with van der Waals surface area (Å²) in [5, 5.41) is 0. The Kier molecular flexibility index (Phi) is 6.74. The monoisotopic (exact) mass is 252 g/mol. The lowest BCUT2D eigenvalue weighted by atomic mass is 9.79.